The van der Waals surface area contributed by atoms with Crippen LogP contribution in [0, 0.1) is 10.1 Å². The van der Waals surface area contributed by atoms with Crippen molar-refractivity contribution in [2.24, 2.45) is 0 Å². The molecule has 1 aromatic carbocycles. The van der Waals surface area contributed by atoms with Gasteiger partial charge in [-0.05, 0) is 24.3 Å². The van der Waals surface area contributed by atoms with Gasteiger partial charge >= 0.3 is 0 Å². The highest BCUT2D eigenvalue weighted by Gasteiger charge is 2.10. The number of hydrogen-bond donors (Lipinski definition) is 2. The van der Waals surface area contributed by atoms with Crippen molar-refractivity contribution in [1.82, 2.24) is 4.57 Å². The van der Waals surface area contributed by atoms with Gasteiger partial charge in [0.2, 0.25) is 5.91 Å². The van der Waals surface area contributed by atoms with Gasteiger partial charge in [0.05, 0.1) is 11.1 Å². The van der Waals surface area contributed by atoms with Crippen molar-refractivity contribution in [2.75, 3.05) is 5.32 Å². The zero-order chi connectivity index (χ0) is 15.4. The molecular formula is C13H11N3O5. The van der Waals surface area contributed by atoms with Crippen molar-refractivity contribution in [2.45, 2.75) is 6.54 Å². The molecule has 0 spiro atoms. The number of anilines is 1. The van der Waals surface area contributed by atoms with Crippen LogP contribution in [0.15, 0.2) is 47.4 Å². The Morgan fingerprint density at radius 3 is 2.52 bits per heavy atom. The van der Waals surface area contributed by atoms with Crippen LogP contribution in [0.3, 0.4) is 0 Å². The number of aromatic nitrogens is 1. The van der Waals surface area contributed by atoms with E-state index in [9.17, 15) is 19.7 Å². The van der Waals surface area contributed by atoms with Crippen LogP contribution in [0.1, 0.15) is 0 Å². The van der Waals surface area contributed by atoms with Crippen molar-refractivity contribution < 1.29 is 14.8 Å². The maximum absolute atomic E-state index is 11.8. The molecule has 8 heteroatoms. The van der Waals surface area contributed by atoms with Gasteiger partial charge in [-0.2, -0.15) is 0 Å². The molecule has 0 saturated carbocycles. The van der Waals surface area contributed by atoms with Crippen molar-refractivity contribution >= 4 is 17.3 Å². The SMILES string of the molecule is O=C(Cn1cc([N+](=O)[O-])ccc1=O)Nc1ccc(O)cc1. The average molecular weight is 289 g/mol. The molecule has 2 rings (SSSR count). The highest BCUT2D eigenvalue weighted by molar-refractivity contribution is 5.90. The summed E-state index contributed by atoms with van der Waals surface area (Å²) in [6.45, 7) is -0.346. The number of nitro groups is 1. The zero-order valence-electron chi connectivity index (χ0n) is 10.7. The number of rotatable bonds is 4. The summed E-state index contributed by atoms with van der Waals surface area (Å²) in [4.78, 5) is 33.3. The minimum Gasteiger partial charge on any atom is -0.508 e. The molecule has 108 valence electrons. The van der Waals surface area contributed by atoms with Gasteiger partial charge in [-0.1, -0.05) is 0 Å². The fourth-order valence-electron chi connectivity index (χ4n) is 1.65. The molecule has 0 radical (unpaired) electrons. The topological polar surface area (TPSA) is 114 Å². The first-order chi connectivity index (χ1) is 9.95. The molecule has 0 aliphatic carbocycles. The number of hydrogen-bond acceptors (Lipinski definition) is 5. The lowest BCUT2D eigenvalue weighted by Gasteiger charge is -2.07. The number of nitrogens with one attached hydrogen (secondary N) is 1. The summed E-state index contributed by atoms with van der Waals surface area (Å²) in [6.07, 6.45) is 1.01. The first kappa shape index (κ1) is 14.3. The van der Waals surface area contributed by atoms with E-state index >= 15 is 0 Å². The van der Waals surface area contributed by atoms with Gasteiger partial charge in [0.15, 0.2) is 0 Å². The molecule has 0 saturated heterocycles. The maximum Gasteiger partial charge on any atom is 0.285 e. The molecule has 0 unspecified atom stereocenters. The van der Waals surface area contributed by atoms with Gasteiger partial charge < -0.3 is 10.4 Å². The van der Waals surface area contributed by atoms with E-state index < -0.39 is 16.4 Å². The Balaban J connectivity index is 2.12. The molecule has 0 aliphatic rings. The number of carbonyl (C=O) groups excluding carboxylic acids is 1. The van der Waals surface area contributed by atoms with E-state index in [1.807, 2.05) is 0 Å². The number of carbonyl (C=O) groups is 1. The summed E-state index contributed by atoms with van der Waals surface area (Å²) in [5, 5.41) is 22.3. The van der Waals surface area contributed by atoms with E-state index in [-0.39, 0.29) is 18.0 Å². The summed E-state index contributed by atoms with van der Waals surface area (Å²) >= 11 is 0. The quantitative estimate of drug-likeness (QED) is 0.497. The Morgan fingerprint density at radius 1 is 1.24 bits per heavy atom. The molecule has 0 fully saturated rings. The van der Waals surface area contributed by atoms with E-state index in [1.165, 1.54) is 24.3 Å². The van der Waals surface area contributed by atoms with Gasteiger partial charge in [-0.25, -0.2) is 0 Å². The Kier molecular flexibility index (Phi) is 3.98. The molecule has 0 aliphatic heterocycles. The number of aromatic hydroxyl groups is 1. The van der Waals surface area contributed by atoms with Crippen LogP contribution in [0.25, 0.3) is 0 Å². The van der Waals surface area contributed by atoms with Crippen LogP contribution in [-0.4, -0.2) is 20.5 Å². The lowest BCUT2D eigenvalue weighted by atomic mass is 10.3. The third-order valence-corrected chi connectivity index (χ3v) is 2.64. The van der Waals surface area contributed by atoms with Crippen LogP contribution in [-0.2, 0) is 11.3 Å². The summed E-state index contributed by atoms with van der Waals surface area (Å²) in [5.41, 5.74) is -0.343. The molecule has 2 aromatic rings. The van der Waals surface area contributed by atoms with Crippen molar-refractivity contribution in [3.05, 3.63) is 63.1 Å². The van der Waals surface area contributed by atoms with Crippen LogP contribution in [0.2, 0.25) is 0 Å². The number of phenols is 1. The first-order valence-corrected chi connectivity index (χ1v) is 5.89. The molecule has 1 heterocycles. The van der Waals surface area contributed by atoms with Crippen molar-refractivity contribution in [3.8, 4) is 5.75 Å². The number of amides is 1. The van der Waals surface area contributed by atoms with Gasteiger partial charge in [0.25, 0.3) is 11.2 Å². The molecule has 1 aromatic heterocycles. The average Bonchev–Trinajstić information content (AvgIpc) is 2.43. The van der Waals surface area contributed by atoms with Crippen molar-refractivity contribution in [3.63, 3.8) is 0 Å². The Bertz CT molecular complexity index is 736. The molecule has 8 nitrogen and oxygen atoms in total. The maximum atomic E-state index is 11.8. The Hall–Kier alpha value is -3.16. The smallest absolute Gasteiger partial charge is 0.285 e. The van der Waals surface area contributed by atoms with Gasteiger partial charge in [0, 0.05) is 17.8 Å². The third-order valence-electron chi connectivity index (χ3n) is 2.64. The number of benzene rings is 1. The van der Waals surface area contributed by atoms with Crippen LogP contribution in [0.5, 0.6) is 5.75 Å². The summed E-state index contributed by atoms with van der Waals surface area (Å²) in [6, 6.07) is 7.89. The number of phenolic OH excluding ortho intramolecular Hbond substituents is 1. The summed E-state index contributed by atoms with van der Waals surface area (Å²) in [7, 11) is 0. The fraction of sp³-hybridized carbons (Fsp3) is 0.0769. The molecule has 0 bridgehead atoms. The van der Waals surface area contributed by atoms with E-state index in [2.05, 4.69) is 5.32 Å². The molecule has 1 amide bonds. The standard InChI is InChI=1S/C13H11N3O5/c17-11-4-1-9(2-5-11)14-12(18)8-15-7-10(16(20)21)3-6-13(15)19/h1-7,17H,8H2,(H,14,18). The van der Waals surface area contributed by atoms with Gasteiger partial charge in [0.1, 0.15) is 12.3 Å². The lowest BCUT2D eigenvalue weighted by molar-refractivity contribution is -0.385. The van der Waals surface area contributed by atoms with E-state index in [0.717, 1.165) is 22.9 Å². The molecule has 21 heavy (non-hydrogen) atoms. The third kappa shape index (κ3) is 3.66. The van der Waals surface area contributed by atoms with Crippen LogP contribution < -0.4 is 10.9 Å². The number of nitrogens with zero attached hydrogens (tertiary/aromatic N) is 2. The molecule has 0 atom stereocenters. The zero-order valence-corrected chi connectivity index (χ0v) is 10.7. The Morgan fingerprint density at radius 2 is 1.90 bits per heavy atom. The predicted molar refractivity (Wildman–Crippen MR) is 74.1 cm³/mol. The summed E-state index contributed by atoms with van der Waals surface area (Å²) in [5.74, 6) is -0.453. The van der Waals surface area contributed by atoms with Crippen LogP contribution >= 0.6 is 0 Å². The highest BCUT2D eigenvalue weighted by Crippen LogP contribution is 2.13. The largest absolute Gasteiger partial charge is 0.508 e. The fourth-order valence-corrected chi connectivity index (χ4v) is 1.65. The lowest BCUT2D eigenvalue weighted by Crippen LogP contribution is -2.26. The minimum atomic E-state index is -0.645. The van der Waals surface area contributed by atoms with Crippen LogP contribution in [0.4, 0.5) is 11.4 Å². The van der Waals surface area contributed by atoms with Gasteiger partial charge in [-0.15, -0.1) is 0 Å². The van der Waals surface area contributed by atoms with E-state index in [0.29, 0.717) is 5.69 Å². The second-order valence-electron chi connectivity index (χ2n) is 4.21. The highest BCUT2D eigenvalue weighted by atomic mass is 16.6. The molecular weight excluding hydrogens is 278 g/mol. The van der Waals surface area contributed by atoms with Crippen molar-refractivity contribution in [1.29, 1.82) is 0 Å². The number of pyridine rings is 1. The Labute approximate surface area is 118 Å². The predicted octanol–water partition coefficient (Wildman–Crippen LogP) is 1.10. The molecule has 2 N–H and O–H groups in total. The van der Waals surface area contributed by atoms with Gasteiger partial charge in [-0.3, -0.25) is 24.3 Å². The summed E-state index contributed by atoms with van der Waals surface area (Å²) < 4.78 is 0.952. The van der Waals surface area contributed by atoms with E-state index in [1.54, 1.807) is 0 Å². The monoisotopic (exact) mass is 289 g/mol. The first-order valence-electron chi connectivity index (χ1n) is 5.89. The van der Waals surface area contributed by atoms with E-state index in [4.69, 9.17) is 5.11 Å². The normalized spacial score (nSPS) is 10.1. The minimum absolute atomic E-state index is 0.0582. The second-order valence-corrected chi connectivity index (χ2v) is 4.21. The second kappa shape index (κ2) is 5.87.